The van der Waals surface area contributed by atoms with Crippen LogP contribution in [0.25, 0.3) is 77.3 Å². The van der Waals surface area contributed by atoms with E-state index in [-0.39, 0.29) is 0 Å². The van der Waals surface area contributed by atoms with Crippen LogP contribution in [0.1, 0.15) is 16.7 Å². The molecule has 11 rings (SSSR count). The smallest absolute Gasteiger partial charge is 0.0462 e. The van der Waals surface area contributed by atoms with Crippen molar-refractivity contribution in [3.63, 3.8) is 0 Å². The molecule has 0 atom stereocenters. The van der Waals surface area contributed by atoms with Crippen LogP contribution < -0.4 is 4.90 Å². The molecule has 0 N–H and O–H groups in total. The molecule has 0 heterocycles. The fraction of sp³-hybridized carbons (Fsp3) is 0.0175. The summed E-state index contributed by atoms with van der Waals surface area (Å²) in [6, 6.07) is 79.6. The molecule has 0 aliphatic heterocycles. The molecule has 1 aliphatic carbocycles. The SMILES string of the molecule is C(=C1\Cc2ccc3ccccc3c2-c2c1c1ccccc1c1ccccc21)/c1ccc(N(c2ccc(-c3ccccc3)cc2)c2ccc(-c3ccccc3)cc2)cc1. The van der Waals surface area contributed by atoms with Gasteiger partial charge in [0.05, 0.1) is 0 Å². The fourth-order valence-corrected chi connectivity index (χ4v) is 9.15. The molecule has 272 valence electrons. The van der Waals surface area contributed by atoms with E-state index in [1.165, 1.54) is 88.0 Å². The van der Waals surface area contributed by atoms with E-state index in [1.54, 1.807) is 0 Å². The molecule has 0 spiro atoms. The summed E-state index contributed by atoms with van der Waals surface area (Å²) in [4.78, 5) is 2.36. The van der Waals surface area contributed by atoms with Gasteiger partial charge in [0.1, 0.15) is 0 Å². The molecule has 1 aliphatic rings. The molecule has 0 fully saturated rings. The molecule has 0 radical (unpaired) electrons. The van der Waals surface area contributed by atoms with Crippen molar-refractivity contribution >= 4 is 61.0 Å². The average Bonchev–Trinajstić information content (AvgIpc) is 3.30. The maximum Gasteiger partial charge on any atom is 0.0462 e. The number of anilines is 3. The Morgan fingerprint density at radius 2 is 0.741 bits per heavy atom. The highest BCUT2D eigenvalue weighted by molar-refractivity contribution is 6.23. The van der Waals surface area contributed by atoms with Gasteiger partial charge in [0.25, 0.3) is 0 Å². The van der Waals surface area contributed by atoms with Crippen LogP contribution in [0.2, 0.25) is 0 Å². The van der Waals surface area contributed by atoms with Gasteiger partial charge in [-0.15, -0.1) is 0 Å². The first-order valence-corrected chi connectivity index (χ1v) is 20.1. The lowest BCUT2D eigenvalue weighted by molar-refractivity contribution is 1.27. The third kappa shape index (κ3) is 5.88. The van der Waals surface area contributed by atoms with E-state index in [0.717, 1.165) is 23.5 Å². The Morgan fingerprint density at radius 1 is 0.310 bits per heavy atom. The number of hydrogen-bond acceptors (Lipinski definition) is 1. The molecule has 0 amide bonds. The first kappa shape index (κ1) is 33.8. The average molecular weight is 738 g/mol. The Balaban J connectivity index is 1.04. The maximum absolute atomic E-state index is 2.43. The molecule has 0 unspecified atom stereocenters. The molecule has 0 aromatic heterocycles. The predicted molar refractivity (Wildman–Crippen MR) is 248 cm³/mol. The molecule has 1 nitrogen and oxygen atoms in total. The lowest BCUT2D eigenvalue weighted by Gasteiger charge is -2.28. The van der Waals surface area contributed by atoms with Crippen molar-refractivity contribution in [2.45, 2.75) is 6.42 Å². The first-order valence-electron chi connectivity index (χ1n) is 20.1. The van der Waals surface area contributed by atoms with Crippen LogP contribution in [0, 0.1) is 0 Å². The summed E-state index contributed by atoms with van der Waals surface area (Å²) in [5, 5.41) is 7.81. The lowest BCUT2D eigenvalue weighted by Crippen LogP contribution is -2.10. The molecular formula is C57H39N. The highest BCUT2D eigenvalue weighted by Gasteiger charge is 2.27. The van der Waals surface area contributed by atoms with Crippen LogP contribution >= 0.6 is 0 Å². The van der Waals surface area contributed by atoms with E-state index in [2.05, 4.69) is 229 Å². The van der Waals surface area contributed by atoms with Crippen LogP contribution in [0.5, 0.6) is 0 Å². The standard InChI is InChI=1S/C57H39N/c1-3-13-40(14-4-1)42-27-33-48(34-28-42)58(49-35-29-43(30-36-49)41-15-5-2-6-16-41)47-31-23-39(24-32-47)37-46-38-45-26-25-44-17-7-8-18-50(44)55(45)57-54-22-12-10-20-52(54)51-19-9-11-21-53(51)56(46)57/h1-37H,38H2/b46-37-. The Labute approximate surface area is 339 Å². The zero-order chi connectivity index (χ0) is 38.4. The minimum atomic E-state index is 0.866. The number of benzene rings is 10. The molecule has 10 aromatic rings. The molecule has 0 saturated carbocycles. The molecular weight excluding hydrogens is 699 g/mol. The van der Waals surface area contributed by atoms with Crippen LogP contribution in [0.3, 0.4) is 0 Å². The highest BCUT2D eigenvalue weighted by Crippen LogP contribution is 2.50. The highest BCUT2D eigenvalue weighted by atomic mass is 15.1. The van der Waals surface area contributed by atoms with Gasteiger partial charge in [-0.2, -0.15) is 0 Å². The predicted octanol–water partition coefficient (Wildman–Crippen LogP) is 15.7. The summed E-state index contributed by atoms with van der Waals surface area (Å²) in [6.07, 6.45) is 3.29. The minimum absolute atomic E-state index is 0.866. The van der Waals surface area contributed by atoms with E-state index < -0.39 is 0 Å². The first-order chi connectivity index (χ1) is 28.8. The second-order valence-corrected chi connectivity index (χ2v) is 15.3. The number of allylic oxidation sites excluding steroid dienone is 1. The van der Waals surface area contributed by atoms with Crippen molar-refractivity contribution < 1.29 is 0 Å². The third-order valence-electron chi connectivity index (χ3n) is 11.9. The zero-order valence-corrected chi connectivity index (χ0v) is 32.0. The normalized spacial score (nSPS) is 12.8. The van der Waals surface area contributed by atoms with Crippen molar-refractivity contribution in [3.05, 3.63) is 235 Å². The second kappa shape index (κ2) is 14.2. The quantitative estimate of drug-likeness (QED) is 0.154. The molecule has 1 heteroatoms. The van der Waals surface area contributed by atoms with E-state index in [1.807, 2.05) is 0 Å². The van der Waals surface area contributed by atoms with Crippen LogP contribution in [0.4, 0.5) is 17.1 Å². The molecule has 0 saturated heterocycles. The van der Waals surface area contributed by atoms with Gasteiger partial charge in [0.2, 0.25) is 0 Å². The summed E-state index contributed by atoms with van der Waals surface area (Å²) < 4.78 is 0. The Bertz CT molecular complexity index is 3060. The summed E-state index contributed by atoms with van der Waals surface area (Å²) >= 11 is 0. The van der Waals surface area contributed by atoms with Gasteiger partial charge in [-0.25, -0.2) is 0 Å². The van der Waals surface area contributed by atoms with Gasteiger partial charge in [0.15, 0.2) is 0 Å². The van der Waals surface area contributed by atoms with Crippen molar-refractivity contribution in [2.75, 3.05) is 4.90 Å². The summed E-state index contributed by atoms with van der Waals surface area (Å²) in [5.41, 5.74) is 16.1. The maximum atomic E-state index is 2.43. The summed E-state index contributed by atoms with van der Waals surface area (Å²) in [5.74, 6) is 0. The van der Waals surface area contributed by atoms with E-state index in [0.29, 0.717) is 0 Å². The zero-order valence-electron chi connectivity index (χ0n) is 32.0. The van der Waals surface area contributed by atoms with Gasteiger partial charge in [0, 0.05) is 17.1 Å². The number of rotatable bonds is 6. The largest absolute Gasteiger partial charge is 0.311 e. The van der Waals surface area contributed by atoms with Gasteiger partial charge >= 0.3 is 0 Å². The number of nitrogens with zero attached hydrogens (tertiary/aromatic N) is 1. The second-order valence-electron chi connectivity index (χ2n) is 15.3. The van der Waals surface area contributed by atoms with E-state index >= 15 is 0 Å². The topological polar surface area (TPSA) is 3.24 Å². The van der Waals surface area contributed by atoms with Gasteiger partial charge in [-0.3, -0.25) is 0 Å². The van der Waals surface area contributed by atoms with Gasteiger partial charge in [-0.1, -0.05) is 188 Å². The lowest BCUT2D eigenvalue weighted by atomic mass is 9.75. The van der Waals surface area contributed by atoms with Gasteiger partial charge in [-0.05, 0) is 131 Å². The Hall–Kier alpha value is -7.48. The number of hydrogen-bond donors (Lipinski definition) is 0. The molecule has 0 bridgehead atoms. The number of fused-ring (bicyclic) bond motifs is 10. The summed E-state index contributed by atoms with van der Waals surface area (Å²) in [7, 11) is 0. The summed E-state index contributed by atoms with van der Waals surface area (Å²) in [6.45, 7) is 0. The third-order valence-corrected chi connectivity index (χ3v) is 11.9. The van der Waals surface area contributed by atoms with Crippen LogP contribution in [0.15, 0.2) is 218 Å². The van der Waals surface area contributed by atoms with E-state index in [9.17, 15) is 0 Å². The van der Waals surface area contributed by atoms with Crippen molar-refractivity contribution in [3.8, 4) is 33.4 Å². The van der Waals surface area contributed by atoms with Crippen molar-refractivity contribution in [1.29, 1.82) is 0 Å². The van der Waals surface area contributed by atoms with Gasteiger partial charge < -0.3 is 4.90 Å². The molecule has 58 heavy (non-hydrogen) atoms. The Kier molecular flexibility index (Phi) is 8.30. The van der Waals surface area contributed by atoms with Crippen molar-refractivity contribution in [2.24, 2.45) is 0 Å². The van der Waals surface area contributed by atoms with Crippen molar-refractivity contribution in [1.82, 2.24) is 0 Å². The minimum Gasteiger partial charge on any atom is -0.311 e. The molecule has 10 aromatic carbocycles. The van der Waals surface area contributed by atoms with E-state index in [4.69, 9.17) is 0 Å². The van der Waals surface area contributed by atoms with Crippen LogP contribution in [-0.4, -0.2) is 0 Å². The van der Waals surface area contributed by atoms with Crippen LogP contribution in [-0.2, 0) is 6.42 Å². The monoisotopic (exact) mass is 737 g/mol. The Morgan fingerprint density at radius 3 is 1.29 bits per heavy atom. The fourth-order valence-electron chi connectivity index (χ4n) is 9.15.